The van der Waals surface area contributed by atoms with Crippen molar-refractivity contribution in [1.29, 1.82) is 0 Å². The van der Waals surface area contributed by atoms with Gasteiger partial charge in [-0.2, -0.15) is 18.3 Å². The average molecular weight is 544 g/mol. The molecule has 1 saturated carbocycles. The fraction of sp³-hybridized carbons (Fsp3) is 0.296. The number of rotatable bonds is 8. The van der Waals surface area contributed by atoms with Crippen LogP contribution in [0.1, 0.15) is 52.5 Å². The molecule has 2 aromatic heterocycles. The topological polar surface area (TPSA) is 112 Å². The molecule has 1 atom stereocenters. The lowest BCUT2D eigenvalue weighted by Gasteiger charge is -2.16. The Morgan fingerprint density at radius 1 is 1.21 bits per heavy atom. The molecule has 0 saturated heterocycles. The zero-order valence-corrected chi connectivity index (χ0v) is 20.8. The predicted molar refractivity (Wildman–Crippen MR) is 135 cm³/mol. The number of anilines is 1. The van der Waals surface area contributed by atoms with Crippen molar-refractivity contribution in [2.75, 3.05) is 11.9 Å². The number of aromatic nitrogens is 3. The first-order chi connectivity index (χ1) is 18.5. The van der Waals surface area contributed by atoms with Gasteiger partial charge in [0.1, 0.15) is 6.10 Å². The second kappa shape index (κ2) is 10.2. The molecule has 0 aliphatic heterocycles. The van der Waals surface area contributed by atoms with Crippen LogP contribution < -0.4 is 10.6 Å². The van der Waals surface area contributed by atoms with Crippen LogP contribution in [0.3, 0.4) is 0 Å². The van der Waals surface area contributed by atoms with Crippen LogP contribution in [0.4, 0.5) is 23.2 Å². The summed E-state index contributed by atoms with van der Waals surface area (Å²) in [6.07, 6.45) is -3.71. The molecule has 1 aliphatic rings. The molecular weight excluding hydrogens is 518 g/mol. The SMILES string of the molecule is Cc1cc(-c2cnc3c(NCCC(F)(F)F)cc([C@H](O)c4cccc(F)c4O)nn23)ccc1C(=O)NC1CC1. The Hall–Kier alpha value is -4.19. The Balaban J connectivity index is 1.56. The summed E-state index contributed by atoms with van der Waals surface area (Å²) in [4.78, 5) is 16.9. The predicted octanol–water partition coefficient (Wildman–Crippen LogP) is 4.89. The number of benzene rings is 2. The van der Waals surface area contributed by atoms with Crippen LogP contribution in [0.25, 0.3) is 16.9 Å². The number of aliphatic hydroxyl groups is 1. The number of nitrogens with zero attached hydrogens (tertiary/aromatic N) is 3. The van der Waals surface area contributed by atoms with Crippen LogP contribution >= 0.6 is 0 Å². The highest BCUT2D eigenvalue weighted by Gasteiger charge is 2.28. The number of phenolic OH excluding ortho intramolecular Hbond substituents is 1. The van der Waals surface area contributed by atoms with Crippen molar-refractivity contribution in [2.24, 2.45) is 0 Å². The molecule has 1 aliphatic carbocycles. The summed E-state index contributed by atoms with van der Waals surface area (Å²) in [6.45, 7) is 1.32. The summed E-state index contributed by atoms with van der Waals surface area (Å²) in [5.74, 6) is -1.88. The number of carbonyl (C=O) groups excluding carboxylic acids is 1. The summed E-state index contributed by atoms with van der Waals surface area (Å²) in [6, 6.07) is 10.3. The number of fused-ring (bicyclic) bond motifs is 1. The molecule has 39 heavy (non-hydrogen) atoms. The van der Waals surface area contributed by atoms with Gasteiger partial charge >= 0.3 is 6.18 Å². The van der Waals surface area contributed by atoms with Crippen molar-refractivity contribution < 1.29 is 32.6 Å². The van der Waals surface area contributed by atoms with Crippen LogP contribution in [-0.4, -0.2) is 49.5 Å². The van der Waals surface area contributed by atoms with E-state index in [0.717, 1.165) is 18.9 Å². The fourth-order valence-corrected chi connectivity index (χ4v) is 4.27. The third kappa shape index (κ3) is 5.65. The van der Waals surface area contributed by atoms with Gasteiger partial charge in [0.15, 0.2) is 17.2 Å². The molecule has 204 valence electrons. The van der Waals surface area contributed by atoms with Crippen molar-refractivity contribution in [3.63, 3.8) is 0 Å². The third-order valence-corrected chi connectivity index (χ3v) is 6.48. The highest BCUT2D eigenvalue weighted by atomic mass is 19.4. The zero-order chi connectivity index (χ0) is 27.9. The van der Waals surface area contributed by atoms with Crippen LogP contribution in [0.15, 0.2) is 48.7 Å². The van der Waals surface area contributed by atoms with Gasteiger partial charge < -0.3 is 20.8 Å². The smallest absolute Gasteiger partial charge is 0.390 e. The van der Waals surface area contributed by atoms with Crippen LogP contribution in [0.2, 0.25) is 0 Å². The minimum atomic E-state index is -4.39. The number of aromatic hydroxyl groups is 1. The van der Waals surface area contributed by atoms with Crippen molar-refractivity contribution in [3.05, 3.63) is 76.9 Å². The average Bonchev–Trinajstić information content (AvgIpc) is 3.59. The molecule has 4 N–H and O–H groups in total. The molecule has 0 bridgehead atoms. The van der Waals surface area contributed by atoms with Gasteiger partial charge in [-0.25, -0.2) is 13.9 Å². The maximum Gasteiger partial charge on any atom is 0.390 e. The van der Waals surface area contributed by atoms with E-state index >= 15 is 0 Å². The van der Waals surface area contributed by atoms with Crippen LogP contribution in [-0.2, 0) is 0 Å². The number of para-hydroxylation sites is 1. The lowest BCUT2D eigenvalue weighted by Crippen LogP contribution is -2.26. The van der Waals surface area contributed by atoms with E-state index in [0.29, 0.717) is 22.4 Å². The van der Waals surface area contributed by atoms with Crippen LogP contribution in [0, 0.1) is 12.7 Å². The maximum absolute atomic E-state index is 14.0. The molecule has 1 fully saturated rings. The Labute approximate surface area is 220 Å². The van der Waals surface area contributed by atoms with E-state index in [2.05, 4.69) is 20.7 Å². The van der Waals surface area contributed by atoms with Gasteiger partial charge in [0.2, 0.25) is 0 Å². The summed E-state index contributed by atoms with van der Waals surface area (Å²) in [5, 5.41) is 31.2. The summed E-state index contributed by atoms with van der Waals surface area (Å²) < 4.78 is 53.7. The van der Waals surface area contributed by atoms with E-state index in [1.54, 1.807) is 25.1 Å². The highest BCUT2D eigenvalue weighted by molar-refractivity contribution is 5.96. The number of hydrogen-bond acceptors (Lipinski definition) is 6. The lowest BCUT2D eigenvalue weighted by molar-refractivity contribution is -0.131. The number of imidazole rings is 1. The van der Waals surface area contributed by atoms with Gasteiger partial charge in [-0.15, -0.1) is 0 Å². The second-order valence-electron chi connectivity index (χ2n) is 9.51. The molecular formula is C27H25F4N5O3. The van der Waals surface area contributed by atoms with Gasteiger partial charge in [-0.1, -0.05) is 18.2 Å². The minimum absolute atomic E-state index is 0.0608. The molecule has 12 heteroatoms. The van der Waals surface area contributed by atoms with Crippen molar-refractivity contribution >= 4 is 17.2 Å². The summed E-state index contributed by atoms with van der Waals surface area (Å²) in [5.41, 5.74) is 2.41. The second-order valence-corrected chi connectivity index (χ2v) is 9.51. The number of alkyl halides is 3. The molecule has 0 radical (unpaired) electrons. The number of aryl methyl sites for hydroxylation is 1. The molecule has 4 aromatic rings. The van der Waals surface area contributed by atoms with Gasteiger partial charge in [-0.05, 0) is 49.6 Å². The van der Waals surface area contributed by atoms with Crippen LogP contribution in [0.5, 0.6) is 5.75 Å². The number of aliphatic hydroxyl groups excluding tert-OH is 1. The highest BCUT2D eigenvalue weighted by Crippen LogP contribution is 2.33. The third-order valence-electron chi connectivity index (χ3n) is 6.48. The molecule has 8 nitrogen and oxygen atoms in total. The Morgan fingerprint density at radius 2 is 1.97 bits per heavy atom. The van der Waals surface area contributed by atoms with Gasteiger partial charge in [0.05, 0.1) is 29.7 Å². The van der Waals surface area contributed by atoms with Crippen molar-refractivity contribution in [2.45, 2.75) is 44.5 Å². The molecule has 1 amide bonds. The molecule has 5 rings (SSSR count). The first kappa shape index (κ1) is 26.4. The lowest BCUT2D eigenvalue weighted by atomic mass is 10.0. The zero-order valence-electron chi connectivity index (χ0n) is 20.8. The fourth-order valence-electron chi connectivity index (χ4n) is 4.27. The maximum atomic E-state index is 14.0. The Kier molecular flexibility index (Phi) is 6.89. The standard InChI is InChI=1S/C27H25F4N5O3/c1-14-11-15(5-8-17(14)26(39)34-16-6-7-16)22-13-33-25-21(32-10-9-27(29,30)31)12-20(35-36(22)25)24(38)18-3-2-4-19(28)23(18)37/h2-5,8,11-13,16,24,32,37-38H,6-7,9-10H2,1H3,(H,34,39)/t24-/m1/s1. The molecule has 0 spiro atoms. The van der Waals surface area contributed by atoms with Gasteiger partial charge in [-0.3, -0.25) is 4.79 Å². The Bertz CT molecular complexity index is 1550. The van der Waals surface area contributed by atoms with Gasteiger partial charge in [0, 0.05) is 29.3 Å². The van der Waals surface area contributed by atoms with E-state index in [-0.39, 0.29) is 34.5 Å². The number of phenols is 1. The number of nitrogens with one attached hydrogen (secondary N) is 2. The summed E-state index contributed by atoms with van der Waals surface area (Å²) in [7, 11) is 0. The van der Waals surface area contributed by atoms with Gasteiger partial charge in [0.25, 0.3) is 5.91 Å². The summed E-state index contributed by atoms with van der Waals surface area (Å²) >= 11 is 0. The van der Waals surface area contributed by atoms with E-state index in [1.165, 1.54) is 28.9 Å². The van der Waals surface area contributed by atoms with Crippen molar-refractivity contribution in [1.82, 2.24) is 19.9 Å². The Morgan fingerprint density at radius 3 is 2.67 bits per heavy atom. The monoisotopic (exact) mass is 543 g/mol. The largest absolute Gasteiger partial charge is 0.505 e. The molecule has 2 aromatic carbocycles. The number of hydrogen-bond donors (Lipinski definition) is 4. The number of amides is 1. The van der Waals surface area contributed by atoms with E-state index in [4.69, 9.17) is 0 Å². The van der Waals surface area contributed by atoms with Crippen molar-refractivity contribution in [3.8, 4) is 17.0 Å². The minimum Gasteiger partial charge on any atom is -0.505 e. The normalized spacial score (nSPS) is 14.4. The van der Waals surface area contributed by atoms with E-state index in [9.17, 15) is 32.6 Å². The first-order valence-corrected chi connectivity index (χ1v) is 12.3. The quantitative estimate of drug-likeness (QED) is 0.236. The number of halogens is 4. The molecule has 2 heterocycles. The van der Waals surface area contributed by atoms with E-state index in [1.807, 2.05) is 0 Å². The first-order valence-electron chi connectivity index (χ1n) is 12.3. The van der Waals surface area contributed by atoms with E-state index < -0.39 is 36.8 Å². The molecule has 0 unspecified atom stereocenters. The number of carbonyl (C=O) groups is 1.